The number of methoxy groups -OCH3 is 1. The van der Waals surface area contributed by atoms with E-state index in [1.54, 1.807) is 24.3 Å². The van der Waals surface area contributed by atoms with Crippen LogP contribution >= 0.6 is 0 Å². The molecule has 0 bridgehead atoms. The molecule has 1 amide bonds. The van der Waals surface area contributed by atoms with Crippen LogP contribution in [0.25, 0.3) is 0 Å². The van der Waals surface area contributed by atoms with Crippen LogP contribution in [0.3, 0.4) is 0 Å². The molecule has 11 nitrogen and oxygen atoms in total. The Balaban J connectivity index is 1.68. The maximum atomic E-state index is 13.8. The summed E-state index contributed by atoms with van der Waals surface area (Å²) in [4.78, 5) is 13.4. The zero-order valence-corrected chi connectivity index (χ0v) is 25.6. The van der Waals surface area contributed by atoms with E-state index in [0.29, 0.717) is 43.6 Å². The summed E-state index contributed by atoms with van der Waals surface area (Å²) in [6.07, 6.45) is -1.16. The highest BCUT2D eigenvalue weighted by molar-refractivity contribution is 7.89. The number of carbonyl (C=O) groups excluding carboxylic acids is 1. The molecule has 0 spiro atoms. The lowest BCUT2D eigenvalue weighted by Gasteiger charge is -2.40. The molecular formula is C31H41N3O8S. The second kappa shape index (κ2) is 14.1. The first-order valence-electron chi connectivity index (χ1n) is 14.5. The van der Waals surface area contributed by atoms with Gasteiger partial charge in [0.1, 0.15) is 17.5 Å². The number of amides is 1. The van der Waals surface area contributed by atoms with Gasteiger partial charge in [0, 0.05) is 12.8 Å². The number of hydrogen-bond acceptors (Lipinski definition) is 9. The van der Waals surface area contributed by atoms with E-state index < -0.39 is 40.3 Å². The van der Waals surface area contributed by atoms with Crippen molar-refractivity contribution in [2.45, 2.75) is 81.4 Å². The van der Waals surface area contributed by atoms with Crippen LogP contribution in [-0.2, 0) is 30.7 Å². The molecule has 2 saturated heterocycles. The Morgan fingerprint density at radius 1 is 1.14 bits per heavy atom. The Morgan fingerprint density at radius 3 is 2.53 bits per heavy atom. The number of rotatable bonds is 14. The van der Waals surface area contributed by atoms with Crippen molar-refractivity contribution in [3.05, 3.63) is 60.2 Å². The first-order valence-corrected chi connectivity index (χ1v) is 15.9. The van der Waals surface area contributed by atoms with Gasteiger partial charge in [-0.15, -0.1) is 0 Å². The first kappa shape index (κ1) is 32.7. The van der Waals surface area contributed by atoms with E-state index in [-0.39, 0.29) is 35.7 Å². The highest BCUT2D eigenvalue weighted by Crippen LogP contribution is 2.34. The van der Waals surface area contributed by atoms with Crippen LogP contribution < -0.4 is 14.8 Å². The van der Waals surface area contributed by atoms with Crippen molar-refractivity contribution in [2.75, 3.05) is 20.3 Å². The normalized spacial score (nSPS) is 22.2. The number of ether oxygens (including phenoxy) is 4. The van der Waals surface area contributed by atoms with Crippen LogP contribution in [0.2, 0.25) is 0 Å². The van der Waals surface area contributed by atoms with Crippen molar-refractivity contribution in [3.63, 3.8) is 0 Å². The van der Waals surface area contributed by atoms with E-state index in [1.165, 1.54) is 31.4 Å². The maximum absolute atomic E-state index is 13.8. The molecule has 0 aromatic heterocycles. The molecule has 12 heteroatoms. The van der Waals surface area contributed by atoms with Gasteiger partial charge in [-0.3, -0.25) is 5.32 Å². The predicted molar refractivity (Wildman–Crippen MR) is 157 cm³/mol. The minimum absolute atomic E-state index is 0.0717. The summed E-state index contributed by atoms with van der Waals surface area (Å²) in [5.41, 5.74) is -1.53. The second-order valence-electron chi connectivity index (χ2n) is 11.9. The quantitative estimate of drug-likeness (QED) is 0.269. The van der Waals surface area contributed by atoms with E-state index in [0.717, 1.165) is 0 Å². The van der Waals surface area contributed by atoms with Crippen LogP contribution in [0.15, 0.2) is 59.5 Å². The summed E-state index contributed by atoms with van der Waals surface area (Å²) in [6, 6.07) is 17.0. The van der Waals surface area contributed by atoms with Gasteiger partial charge in [-0.2, -0.15) is 9.98 Å². The first-order chi connectivity index (χ1) is 20.5. The van der Waals surface area contributed by atoms with E-state index >= 15 is 0 Å². The molecule has 3 N–H and O–H groups in total. The van der Waals surface area contributed by atoms with E-state index in [9.17, 15) is 18.3 Å². The van der Waals surface area contributed by atoms with Crippen molar-refractivity contribution in [1.29, 1.82) is 5.26 Å². The third-order valence-corrected chi connectivity index (χ3v) is 9.68. The number of nitrogens with zero attached hydrogens (tertiary/aromatic N) is 1. The van der Waals surface area contributed by atoms with Crippen molar-refractivity contribution >= 4 is 16.1 Å². The lowest BCUT2D eigenvalue weighted by atomic mass is 9.80. The zero-order valence-electron chi connectivity index (χ0n) is 24.8. The molecule has 2 aliphatic rings. The summed E-state index contributed by atoms with van der Waals surface area (Å²) < 4.78 is 52.4. The molecule has 2 fully saturated rings. The third-order valence-electron chi connectivity index (χ3n) is 8.16. The number of aliphatic hydroxyl groups is 1. The predicted octanol–water partition coefficient (Wildman–Crippen LogP) is 3.87. The third kappa shape index (κ3) is 8.46. The Hall–Kier alpha value is -3.21. The lowest BCUT2D eigenvalue weighted by molar-refractivity contribution is -0.0907. The highest BCUT2D eigenvalue weighted by atomic mass is 32.2. The molecule has 2 aromatic rings. The molecule has 2 aromatic carbocycles. The molecule has 0 radical (unpaired) electrons. The minimum Gasteiger partial charge on any atom is -0.497 e. The molecule has 5 atom stereocenters. The smallest absolute Gasteiger partial charge is 0.409 e. The van der Waals surface area contributed by atoms with Crippen molar-refractivity contribution < 1.29 is 37.3 Å². The number of alkyl carbamates (subject to hydrolysis) is 1. The monoisotopic (exact) mass is 615 g/mol. The number of aliphatic hydroxyl groups excluding tert-OH is 1. The summed E-state index contributed by atoms with van der Waals surface area (Å²) in [5, 5.41) is 23.7. The molecule has 4 rings (SSSR count). The van der Waals surface area contributed by atoms with Gasteiger partial charge >= 0.3 is 6.09 Å². The summed E-state index contributed by atoms with van der Waals surface area (Å²) >= 11 is 0. The van der Waals surface area contributed by atoms with E-state index in [2.05, 4.69) is 16.1 Å². The average Bonchev–Trinajstić information content (AvgIpc) is 3.60. The van der Waals surface area contributed by atoms with Crippen molar-refractivity contribution in [2.24, 2.45) is 11.3 Å². The van der Waals surface area contributed by atoms with Crippen LogP contribution in [-0.4, -0.2) is 64.1 Å². The molecule has 2 aliphatic heterocycles. The molecule has 0 saturated carbocycles. The number of benzene rings is 2. The van der Waals surface area contributed by atoms with Gasteiger partial charge in [-0.05, 0) is 60.9 Å². The number of sulfonamides is 1. The Kier molecular flexibility index (Phi) is 10.7. The van der Waals surface area contributed by atoms with Gasteiger partial charge in [0.2, 0.25) is 10.0 Å². The SMILES string of the molecule is COc1ccc(S(=O)(=O)N[C@](Cc2ccccc2)(NC(=O)O[C@@H]2CO[C@@H]3OCC[C@@H]32)[C@H](O)CCC(C)(C)CCC#N)cc1. The van der Waals surface area contributed by atoms with Crippen LogP contribution in [0.5, 0.6) is 5.75 Å². The van der Waals surface area contributed by atoms with Gasteiger partial charge in [0.15, 0.2) is 6.29 Å². The standard InChI is InChI=1S/C31H41N3O8S/c1-30(2,16-7-18-32)17-14-27(35)31(20-22-8-5-4-6-9-22,34-43(37,38)24-12-10-23(39-3)11-13-24)33-29(36)42-26-21-41-28-25(26)15-19-40-28/h4-6,8-13,25-28,34-35H,7,14-17,19-21H2,1-3H3,(H,33,36)/t25-,26-,27-,28+,31+/m1/s1. The van der Waals surface area contributed by atoms with Crippen molar-refractivity contribution in [3.8, 4) is 11.8 Å². The Morgan fingerprint density at radius 2 is 1.86 bits per heavy atom. The maximum Gasteiger partial charge on any atom is 0.409 e. The number of fused-ring (bicyclic) bond motifs is 1. The topological polar surface area (TPSA) is 156 Å². The second-order valence-corrected chi connectivity index (χ2v) is 13.6. The number of hydrogen-bond donors (Lipinski definition) is 3. The average molecular weight is 616 g/mol. The fourth-order valence-corrected chi connectivity index (χ4v) is 6.89. The van der Waals surface area contributed by atoms with Crippen LogP contribution in [0, 0.1) is 22.7 Å². The van der Waals surface area contributed by atoms with Crippen molar-refractivity contribution in [1.82, 2.24) is 10.0 Å². The molecular weight excluding hydrogens is 574 g/mol. The van der Waals surface area contributed by atoms with Gasteiger partial charge in [0.25, 0.3) is 0 Å². The number of nitriles is 1. The molecule has 0 aliphatic carbocycles. The molecule has 0 unspecified atom stereocenters. The van der Waals surface area contributed by atoms with Gasteiger partial charge in [-0.25, -0.2) is 13.2 Å². The zero-order chi connectivity index (χ0) is 31.1. The Bertz CT molecular complexity index is 1360. The lowest BCUT2D eigenvalue weighted by Crippen LogP contribution is -2.68. The Labute approximate surface area is 253 Å². The fraction of sp³-hybridized carbons (Fsp3) is 0.548. The largest absolute Gasteiger partial charge is 0.497 e. The fourth-order valence-electron chi connectivity index (χ4n) is 5.54. The van der Waals surface area contributed by atoms with Gasteiger partial charge < -0.3 is 24.1 Å². The molecule has 2 heterocycles. The van der Waals surface area contributed by atoms with Crippen LogP contribution in [0.1, 0.15) is 51.5 Å². The number of carbonyl (C=O) groups is 1. The summed E-state index contributed by atoms with van der Waals surface area (Å²) in [6.45, 7) is 4.62. The van der Waals surface area contributed by atoms with Gasteiger partial charge in [-0.1, -0.05) is 44.2 Å². The summed E-state index contributed by atoms with van der Waals surface area (Å²) in [7, 11) is -2.81. The van der Waals surface area contributed by atoms with Crippen LogP contribution in [0.4, 0.5) is 4.79 Å². The highest BCUT2D eigenvalue weighted by Gasteiger charge is 2.47. The summed E-state index contributed by atoms with van der Waals surface area (Å²) in [5.74, 6) is 0.347. The van der Waals surface area contributed by atoms with E-state index in [1.807, 2.05) is 19.9 Å². The van der Waals surface area contributed by atoms with Gasteiger partial charge in [0.05, 0.1) is 43.3 Å². The number of nitrogens with one attached hydrogen (secondary N) is 2. The molecule has 234 valence electrons. The minimum atomic E-state index is -4.29. The molecule has 43 heavy (non-hydrogen) atoms. The van der Waals surface area contributed by atoms with E-state index in [4.69, 9.17) is 24.2 Å².